The van der Waals surface area contributed by atoms with E-state index in [9.17, 15) is 4.79 Å². The Kier molecular flexibility index (Phi) is 5.91. The molecule has 1 aliphatic rings. The first-order valence-electron chi connectivity index (χ1n) is 7.45. The van der Waals surface area contributed by atoms with Crippen LogP contribution in [0.25, 0.3) is 0 Å². The van der Waals surface area contributed by atoms with Crippen LogP contribution >= 0.6 is 23.2 Å². The van der Waals surface area contributed by atoms with Gasteiger partial charge in [-0.05, 0) is 63.5 Å². The molecule has 1 fully saturated rings. The van der Waals surface area contributed by atoms with Crippen molar-refractivity contribution < 1.29 is 4.79 Å². The summed E-state index contributed by atoms with van der Waals surface area (Å²) in [5, 5.41) is 3.93. The van der Waals surface area contributed by atoms with Gasteiger partial charge in [0.15, 0.2) is 0 Å². The van der Waals surface area contributed by atoms with Crippen molar-refractivity contribution in [3.63, 3.8) is 0 Å². The van der Waals surface area contributed by atoms with E-state index in [1.54, 1.807) is 18.2 Å². The molecular weight excluding hydrogens is 307 g/mol. The highest BCUT2D eigenvalue weighted by atomic mass is 35.5. The van der Waals surface area contributed by atoms with E-state index in [0.29, 0.717) is 21.7 Å². The normalized spacial score (nSPS) is 18.5. The van der Waals surface area contributed by atoms with Crippen LogP contribution in [-0.4, -0.2) is 30.9 Å². The molecule has 1 heterocycles. The highest BCUT2D eigenvalue weighted by Crippen LogP contribution is 2.29. The number of anilines is 1. The number of piperidine rings is 1. The average molecular weight is 329 g/mol. The number of nitrogens with one attached hydrogen (secondary N) is 1. The van der Waals surface area contributed by atoms with Gasteiger partial charge < -0.3 is 10.2 Å². The minimum Gasteiger partial charge on any atom is -0.326 e. The number of rotatable bonds is 4. The first-order chi connectivity index (χ1) is 10.0. The maximum absolute atomic E-state index is 12.5. The topological polar surface area (TPSA) is 32.3 Å². The molecule has 1 saturated heterocycles. The van der Waals surface area contributed by atoms with Crippen molar-refractivity contribution in [2.24, 2.45) is 11.8 Å². The Hall–Kier alpha value is -0.770. The molecular formula is C16H22Cl2N2O. The van der Waals surface area contributed by atoms with Crippen LogP contribution in [0.2, 0.25) is 10.0 Å². The summed E-state index contributed by atoms with van der Waals surface area (Å²) in [5.41, 5.74) is 0.709. The molecule has 1 aromatic rings. The third-order valence-corrected chi connectivity index (χ3v) is 5.04. The summed E-state index contributed by atoms with van der Waals surface area (Å²) in [7, 11) is 2.13. The smallest absolute Gasteiger partial charge is 0.227 e. The van der Waals surface area contributed by atoms with Gasteiger partial charge in [0.1, 0.15) is 0 Å². The summed E-state index contributed by atoms with van der Waals surface area (Å²) in [5.74, 6) is 0.618. The molecule has 0 saturated carbocycles. The summed E-state index contributed by atoms with van der Waals surface area (Å²) in [4.78, 5) is 14.8. The molecule has 0 aliphatic carbocycles. The summed E-state index contributed by atoms with van der Waals surface area (Å²) in [6.45, 7) is 4.22. The summed E-state index contributed by atoms with van der Waals surface area (Å²) < 4.78 is 0. The molecule has 1 aliphatic heterocycles. The predicted octanol–water partition coefficient (Wildman–Crippen LogP) is 4.30. The first kappa shape index (κ1) is 16.6. The molecule has 5 heteroatoms. The lowest BCUT2D eigenvalue weighted by molar-refractivity contribution is -0.122. The van der Waals surface area contributed by atoms with E-state index in [1.807, 2.05) is 0 Å². The molecule has 21 heavy (non-hydrogen) atoms. The number of hydrogen-bond donors (Lipinski definition) is 1. The SMILES string of the molecule is CCC(C(=O)Nc1ccc(Cl)c(Cl)c1)C1CCN(C)CC1. The van der Waals surface area contributed by atoms with Gasteiger partial charge in [-0.25, -0.2) is 0 Å². The van der Waals surface area contributed by atoms with Gasteiger partial charge in [0.2, 0.25) is 5.91 Å². The zero-order valence-electron chi connectivity index (χ0n) is 12.5. The summed E-state index contributed by atoms with van der Waals surface area (Å²) in [6, 6.07) is 5.19. The van der Waals surface area contributed by atoms with E-state index in [1.165, 1.54) is 0 Å². The number of hydrogen-bond acceptors (Lipinski definition) is 2. The van der Waals surface area contributed by atoms with Gasteiger partial charge in [-0.2, -0.15) is 0 Å². The molecule has 1 unspecified atom stereocenters. The number of likely N-dealkylation sites (tertiary alicyclic amines) is 1. The number of amides is 1. The van der Waals surface area contributed by atoms with Crippen molar-refractivity contribution in [3.05, 3.63) is 28.2 Å². The van der Waals surface area contributed by atoms with Crippen LogP contribution in [0.4, 0.5) is 5.69 Å². The maximum Gasteiger partial charge on any atom is 0.227 e. The monoisotopic (exact) mass is 328 g/mol. The Labute approximate surface area is 136 Å². The van der Waals surface area contributed by atoms with Crippen LogP contribution in [0.5, 0.6) is 0 Å². The number of nitrogens with zero attached hydrogens (tertiary/aromatic N) is 1. The Balaban J connectivity index is 2.01. The molecule has 1 amide bonds. The second-order valence-electron chi connectivity index (χ2n) is 5.77. The van der Waals surface area contributed by atoms with Crippen molar-refractivity contribution in [1.29, 1.82) is 0 Å². The van der Waals surface area contributed by atoms with Gasteiger partial charge in [-0.3, -0.25) is 4.79 Å². The van der Waals surface area contributed by atoms with Crippen molar-refractivity contribution in [2.75, 3.05) is 25.5 Å². The van der Waals surface area contributed by atoms with E-state index >= 15 is 0 Å². The number of benzene rings is 1. The Morgan fingerprint density at radius 2 is 2.00 bits per heavy atom. The van der Waals surface area contributed by atoms with Crippen LogP contribution in [0, 0.1) is 11.8 Å². The van der Waals surface area contributed by atoms with Gasteiger partial charge in [0, 0.05) is 11.6 Å². The van der Waals surface area contributed by atoms with Crippen molar-refractivity contribution in [1.82, 2.24) is 4.90 Å². The standard InChI is InChI=1S/C16H22Cl2N2O/c1-3-13(11-6-8-20(2)9-7-11)16(21)19-12-4-5-14(17)15(18)10-12/h4-5,10-11,13H,3,6-9H2,1-2H3,(H,19,21). The van der Waals surface area contributed by atoms with Crippen molar-refractivity contribution in [3.8, 4) is 0 Å². The highest BCUT2D eigenvalue weighted by molar-refractivity contribution is 6.42. The van der Waals surface area contributed by atoms with E-state index in [2.05, 4.69) is 24.2 Å². The third-order valence-electron chi connectivity index (χ3n) is 4.30. The lowest BCUT2D eigenvalue weighted by atomic mass is 9.82. The van der Waals surface area contributed by atoms with Gasteiger partial charge >= 0.3 is 0 Å². The fourth-order valence-corrected chi connectivity index (χ4v) is 3.27. The molecule has 0 spiro atoms. The fraction of sp³-hybridized carbons (Fsp3) is 0.562. The van der Waals surface area contributed by atoms with Crippen LogP contribution in [-0.2, 0) is 4.79 Å². The minimum absolute atomic E-state index is 0.0631. The molecule has 3 nitrogen and oxygen atoms in total. The summed E-state index contributed by atoms with van der Waals surface area (Å²) in [6.07, 6.45) is 3.04. The molecule has 1 aromatic carbocycles. The van der Waals surface area contributed by atoms with Gasteiger partial charge in [0.25, 0.3) is 0 Å². The lowest BCUT2D eigenvalue weighted by Gasteiger charge is -2.33. The van der Waals surface area contributed by atoms with Crippen molar-refractivity contribution in [2.45, 2.75) is 26.2 Å². The van der Waals surface area contributed by atoms with Crippen LogP contribution < -0.4 is 5.32 Å². The van der Waals surface area contributed by atoms with E-state index < -0.39 is 0 Å². The van der Waals surface area contributed by atoms with Crippen LogP contribution in [0.15, 0.2) is 18.2 Å². The number of halogens is 2. The molecule has 116 valence electrons. The van der Waals surface area contributed by atoms with E-state index in [4.69, 9.17) is 23.2 Å². The quantitative estimate of drug-likeness (QED) is 0.893. The van der Waals surface area contributed by atoms with Gasteiger partial charge in [-0.1, -0.05) is 30.1 Å². The maximum atomic E-state index is 12.5. The lowest BCUT2D eigenvalue weighted by Crippen LogP contribution is -2.37. The molecule has 2 rings (SSSR count). The Morgan fingerprint density at radius 1 is 1.33 bits per heavy atom. The Morgan fingerprint density at radius 3 is 2.57 bits per heavy atom. The predicted molar refractivity (Wildman–Crippen MR) is 89.1 cm³/mol. The number of carbonyl (C=O) groups excluding carboxylic acids is 1. The average Bonchev–Trinajstić information content (AvgIpc) is 2.46. The minimum atomic E-state index is 0.0631. The molecule has 0 aromatic heterocycles. The fourth-order valence-electron chi connectivity index (χ4n) is 2.97. The first-order valence-corrected chi connectivity index (χ1v) is 8.21. The zero-order chi connectivity index (χ0) is 15.4. The van der Waals surface area contributed by atoms with Crippen molar-refractivity contribution >= 4 is 34.8 Å². The zero-order valence-corrected chi connectivity index (χ0v) is 14.0. The van der Waals surface area contributed by atoms with Crippen LogP contribution in [0.3, 0.4) is 0 Å². The van der Waals surface area contributed by atoms with E-state index in [0.717, 1.165) is 32.4 Å². The summed E-state index contributed by atoms with van der Waals surface area (Å²) >= 11 is 11.9. The number of carbonyl (C=O) groups is 1. The largest absolute Gasteiger partial charge is 0.326 e. The Bertz CT molecular complexity index is 499. The second kappa shape index (κ2) is 7.48. The molecule has 0 bridgehead atoms. The highest BCUT2D eigenvalue weighted by Gasteiger charge is 2.29. The van der Waals surface area contributed by atoms with Gasteiger partial charge in [-0.15, -0.1) is 0 Å². The molecule has 1 atom stereocenters. The molecule has 0 radical (unpaired) electrons. The third kappa shape index (κ3) is 4.35. The van der Waals surface area contributed by atoms with Crippen LogP contribution in [0.1, 0.15) is 26.2 Å². The molecule has 1 N–H and O–H groups in total. The van der Waals surface area contributed by atoms with Gasteiger partial charge in [0.05, 0.1) is 10.0 Å². The van der Waals surface area contributed by atoms with E-state index in [-0.39, 0.29) is 11.8 Å². The second-order valence-corrected chi connectivity index (χ2v) is 6.59.